The molecule has 0 radical (unpaired) electrons. The summed E-state index contributed by atoms with van der Waals surface area (Å²) in [6, 6.07) is 5.60. The SMILES string of the molecule is O=C(NCCN1CCOCC1)c1cccc(N2CCCC2CO)n1. The summed E-state index contributed by atoms with van der Waals surface area (Å²) in [6.45, 7) is 5.79. The van der Waals surface area contributed by atoms with E-state index in [2.05, 4.69) is 20.1 Å². The number of aliphatic hydroxyl groups is 1. The minimum Gasteiger partial charge on any atom is -0.394 e. The first-order chi connectivity index (χ1) is 11.8. The molecule has 1 aromatic heterocycles. The Hall–Kier alpha value is -1.70. The smallest absolute Gasteiger partial charge is 0.270 e. The predicted molar refractivity (Wildman–Crippen MR) is 91.3 cm³/mol. The maximum Gasteiger partial charge on any atom is 0.270 e. The number of rotatable bonds is 6. The average molecular weight is 334 g/mol. The van der Waals surface area contributed by atoms with Crippen LogP contribution in [-0.2, 0) is 4.74 Å². The molecule has 2 fully saturated rings. The lowest BCUT2D eigenvalue weighted by molar-refractivity contribution is 0.0383. The van der Waals surface area contributed by atoms with E-state index in [1.807, 2.05) is 12.1 Å². The number of pyridine rings is 1. The minimum absolute atomic E-state index is 0.108. The molecule has 2 N–H and O–H groups in total. The molecule has 1 aromatic rings. The second-order valence-electron chi connectivity index (χ2n) is 6.26. The van der Waals surface area contributed by atoms with Crippen molar-refractivity contribution < 1.29 is 14.6 Å². The summed E-state index contributed by atoms with van der Waals surface area (Å²) in [7, 11) is 0. The maximum absolute atomic E-state index is 12.3. The van der Waals surface area contributed by atoms with Gasteiger partial charge in [-0.05, 0) is 25.0 Å². The first-order valence-corrected chi connectivity index (χ1v) is 8.71. The third-order valence-electron chi connectivity index (χ3n) is 4.67. The van der Waals surface area contributed by atoms with Crippen molar-refractivity contribution in [2.24, 2.45) is 0 Å². The van der Waals surface area contributed by atoms with E-state index in [4.69, 9.17) is 4.74 Å². The van der Waals surface area contributed by atoms with Crippen molar-refractivity contribution in [2.45, 2.75) is 18.9 Å². The van der Waals surface area contributed by atoms with Crippen molar-refractivity contribution in [1.29, 1.82) is 0 Å². The number of amides is 1. The molecular formula is C17H26N4O3. The van der Waals surface area contributed by atoms with Gasteiger partial charge in [-0.1, -0.05) is 6.07 Å². The summed E-state index contributed by atoms with van der Waals surface area (Å²) >= 11 is 0. The van der Waals surface area contributed by atoms with Crippen LogP contribution in [0.1, 0.15) is 23.3 Å². The van der Waals surface area contributed by atoms with Crippen LogP contribution in [0.2, 0.25) is 0 Å². The first-order valence-electron chi connectivity index (χ1n) is 8.71. The van der Waals surface area contributed by atoms with Gasteiger partial charge in [0.15, 0.2) is 0 Å². The molecular weight excluding hydrogens is 308 g/mol. The number of anilines is 1. The second-order valence-corrected chi connectivity index (χ2v) is 6.26. The van der Waals surface area contributed by atoms with Gasteiger partial charge in [0.05, 0.1) is 25.9 Å². The van der Waals surface area contributed by atoms with E-state index in [0.29, 0.717) is 12.2 Å². The largest absolute Gasteiger partial charge is 0.394 e. The number of carbonyl (C=O) groups is 1. The van der Waals surface area contributed by atoms with E-state index in [1.54, 1.807) is 6.07 Å². The van der Waals surface area contributed by atoms with Crippen molar-refractivity contribution in [3.63, 3.8) is 0 Å². The maximum atomic E-state index is 12.3. The number of ether oxygens (including phenoxy) is 1. The molecule has 0 aliphatic carbocycles. The molecule has 1 unspecified atom stereocenters. The van der Waals surface area contributed by atoms with Gasteiger partial charge < -0.3 is 20.1 Å². The lowest BCUT2D eigenvalue weighted by Gasteiger charge is -2.26. The molecule has 3 heterocycles. The fourth-order valence-corrected chi connectivity index (χ4v) is 3.28. The Morgan fingerprint density at radius 1 is 1.33 bits per heavy atom. The van der Waals surface area contributed by atoms with Crippen LogP contribution >= 0.6 is 0 Å². The molecule has 132 valence electrons. The predicted octanol–water partition coefficient (Wildman–Crippen LogP) is 0.105. The number of hydrogen-bond donors (Lipinski definition) is 2. The Labute approximate surface area is 142 Å². The summed E-state index contributed by atoms with van der Waals surface area (Å²) in [5.41, 5.74) is 0.429. The zero-order chi connectivity index (χ0) is 16.8. The second kappa shape index (κ2) is 8.41. The highest BCUT2D eigenvalue weighted by molar-refractivity contribution is 5.92. The zero-order valence-corrected chi connectivity index (χ0v) is 14.0. The van der Waals surface area contributed by atoms with Crippen LogP contribution in [0.15, 0.2) is 18.2 Å². The molecule has 24 heavy (non-hydrogen) atoms. The summed E-state index contributed by atoms with van der Waals surface area (Å²) in [4.78, 5) is 21.2. The molecule has 2 aliphatic heterocycles. The van der Waals surface area contributed by atoms with E-state index >= 15 is 0 Å². The standard InChI is InChI=1S/C17H26N4O3/c22-13-14-3-2-7-21(14)16-5-1-4-15(19-16)17(23)18-6-8-20-9-11-24-12-10-20/h1,4-5,14,22H,2-3,6-13H2,(H,18,23). The summed E-state index contributed by atoms with van der Waals surface area (Å²) in [5.74, 6) is 0.622. The molecule has 3 rings (SSSR count). The Balaban J connectivity index is 1.54. The van der Waals surface area contributed by atoms with Crippen LogP contribution in [0.25, 0.3) is 0 Å². The molecule has 1 atom stereocenters. The van der Waals surface area contributed by atoms with Gasteiger partial charge >= 0.3 is 0 Å². The molecule has 0 spiro atoms. The topological polar surface area (TPSA) is 77.9 Å². The number of nitrogens with one attached hydrogen (secondary N) is 1. The van der Waals surface area contributed by atoms with E-state index in [0.717, 1.165) is 58.1 Å². The number of hydrogen-bond acceptors (Lipinski definition) is 6. The Bertz CT molecular complexity index is 548. The summed E-state index contributed by atoms with van der Waals surface area (Å²) < 4.78 is 5.31. The van der Waals surface area contributed by atoms with Crippen LogP contribution in [-0.4, -0.2) is 79.5 Å². The number of nitrogens with zero attached hydrogens (tertiary/aromatic N) is 3. The van der Waals surface area contributed by atoms with Crippen molar-refractivity contribution >= 4 is 11.7 Å². The van der Waals surface area contributed by atoms with Crippen LogP contribution in [0.3, 0.4) is 0 Å². The number of aromatic nitrogens is 1. The van der Waals surface area contributed by atoms with Gasteiger partial charge in [0.2, 0.25) is 0 Å². The molecule has 1 amide bonds. The van der Waals surface area contributed by atoms with Crippen LogP contribution in [0.5, 0.6) is 0 Å². The van der Waals surface area contributed by atoms with Crippen molar-refractivity contribution in [3.8, 4) is 0 Å². The van der Waals surface area contributed by atoms with Crippen LogP contribution < -0.4 is 10.2 Å². The lowest BCUT2D eigenvalue weighted by Crippen LogP contribution is -2.41. The lowest BCUT2D eigenvalue weighted by atomic mass is 10.2. The highest BCUT2D eigenvalue weighted by Gasteiger charge is 2.25. The minimum atomic E-state index is -0.148. The van der Waals surface area contributed by atoms with E-state index < -0.39 is 0 Å². The van der Waals surface area contributed by atoms with Gasteiger partial charge in [-0.15, -0.1) is 0 Å². The quantitative estimate of drug-likeness (QED) is 0.769. The van der Waals surface area contributed by atoms with Gasteiger partial charge in [-0.3, -0.25) is 9.69 Å². The third-order valence-corrected chi connectivity index (χ3v) is 4.67. The Kier molecular flexibility index (Phi) is 6.01. The van der Waals surface area contributed by atoms with E-state index in [9.17, 15) is 9.90 Å². The molecule has 2 aliphatic rings. The van der Waals surface area contributed by atoms with Gasteiger partial charge in [0.1, 0.15) is 11.5 Å². The molecule has 7 nitrogen and oxygen atoms in total. The average Bonchev–Trinajstić information content (AvgIpc) is 3.11. The van der Waals surface area contributed by atoms with E-state index in [1.165, 1.54) is 0 Å². The number of carbonyl (C=O) groups excluding carboxylic acids is 1. The monoisotopic (exact) mass is 334 g/mol. The normalized spacial score (nSPS) is 21.9. The fraction of sp³-hybridized carbons (Fsp3) is 0.647. The third kappa shape index (κ3) is 4.23. The molecule has 2 saturated heterocycles. The highest BCUT2D eigenvalue weighted by Crippen LogP contribution is 2.23. The first kappa shape index (κ1) is 17.1. The van der Waals surface area contributed by atoms with Crippen molar-refractivity contribution in [1.82, 2.24) is 15.2 Å². The Morgan fingerprint density at radius 2 is 2.17 bits per heavy atom. The summed E-state index contributed by atoms with van der Waals surface area (Å²) in [6.07, 6.45) is 2.01. The van der Waals surface area contributed by atoms with Crippen LogP contribution in [0.4, 0.5) is 5.82 Å². The van der Waals surface area contributed by atoms with Gasteiger partial charge in [0, 0.05) is 32.7 Å². The van der Waals surface area contributed by atoms with Gasteiger partial charge in [-0.25, -0.2) is 4.98 Å². The fourth-order valence-electron chi connectivity index (χ4n) is 3.28. The molecule has 7 heteroatoms. The summed E-state index contributed by atoms with van der Waals surface area (Å²) in [5, 5.41) is 12.4. The van der Waals surface area contributed by atoms with Gasteiger partial charge in [0.25, 0.3) is 5.91 Å². The highest BCUT2D eigenvalue weighted by atomic mass is 16.5. The van der Waals surface area contributed by atoms with Gasteiger partial charge in [-0.2, -0.15) is 0 Å². The van der Waals surface area contributed by atoms with Crippen LogP contribution in [0, 0.1) is 0 Å². The van der Waals surface area contributed by atoms with E-state index in [-0.39, 0.29) is 18.6 Å². The number of aliphatic hydroxyl groups excluding tert-OH is 1. The Morgan fingerprint density at radius 3 is 2.96 bits per heavy atom. The zero-order valence-electron chi connectivity index (χ0n) is 14.0. The van der Waals surface area contributed by atoms with Crippen molar-refractivity contribution in [3.05, 3.63) is 23.9 Å². The molecule has 0 saturated carbocycles. The molecule has 0 bridgehead atoms. The number of morpholine rings is 1. The van der Waals surface area contributed by atoms with Crippen molar-refractivity contribution in [2.75, 3.05) is 57.4 Å². The molecule has 0 aromatic carbocycles.